The molecule has 114 valence electrons. The molecule has 0 saturated carbocycles. The molecule has 9 heteroatoms. The zero-order valence-corrected chi connectivity index (χ0v) is 12.9. The second-order valence-electron chi connectivity index (χ2n) is 3.92. The summed E-state index contributed by atoms with van der Waals surface area (Å²) in [5.74, 6) is -3.06. The van der Waals surface area contributed by atoms with Crippen LogP contribution in [0.1, 0.15) is 10.4 Å². The van der Waals surface area contributed by atoms with E-state index in [2.05, 4.69) is 11.9 Å². The highest BCUT2D eigenvalue weighted by Crippen LogP contribution is 2.30. The van der Waals surface area contributed by atoms with Crippen molar-refractivity contribution in [3.8, 4) is 0 Å². The first-order chi connectivity index (χ1) is 9.69. The molecule has 1 rings (SSSR count). The minimum absolute atomic E-state index is 0.109. The van der Waals surface area contributed by atoms with E-state index in [9.17, 15) is 18.0 Å². The van der Waals surface area contributed by atoms with Gasteiger partial charge in [-0.15, -0.1) is 6.58 Å². The van der Waals surface area contributed by atoms with Gasteiger partial charge in [-0.2, -0.15) is 0 Å². The highest BCUT2D eigenvalue weighted by Gasteiger charge is 2.26. The van der Waals surface area contributed by atoms with E-state index < -0.39 is 42.9 Å². The molecule has 0 unspecified atom stereocenters. The number of carboxylic acids is 1. The van der Waals surface area contributed by atoms with E-state index in [1.807, 2.05) is 0 Å². The van der Waals surface area contributed by atoms with Crippen molar-refractivity contribution in [2.24, 2.45) is 0 Å². The quantitative estimate of drug-likeness (QED) is 0.760. The molecule has 2 N–H and O–H groups in total. The number of aromatic carboxylic acids is 1. The fourth-order valence-corrected chi connectivity index (χ4v) is 3.55. The predicted molar refractivity (Wildman–Crippen MR) is 78.7 cm³/mol. The molecular formula is C12H11Cl2NO5S. The van der Waals surface area contributed by atoms with Crippen LogP contribution in [0.2, 0.25) is 10.0 Å². The summed E-state index contributed by atoms with van der Waals surface area (Å²) in [5.41, 5.74) is -0.450. The highest BCUT2D eigenvalue weighted by molar-refractivity contribution is 7.92. The van der Waals surface area contributed by atoms with Gasteiger partial charge in [0.2, 0.25) is 5.91 Å². The molecule has 0 aliphatic heterocycles. The summed E-state index contributed by atoms with van der Waals surface area (Å²) in [4.78, 5) is 22.0. The average Bonchev–Trinajstić information content (AvgIpc) is 2.37. The van der Waals surface area contributed by atoms with Crippen LogP contribution in [-0.2, 0) is 14.6 Å². The number of amides is 1. The van der Waals surface area contributed by atoms with E-state index in [0.29, 0.717) is 0 Å². The lowest BCUT2D eigenvalue weighted by molar-refractivity contribution is -0.118. The molecule has 0 atom stereocenters. The number of carboxylic acid groups (broad SMARTS) is 1. The molecule has 0 bridgehead atoms. The summed E-state index contributed by atoms with van der Waals surface area (Å²) in [6, 6.07) is 2.04. The molecule has 0 radical (unpaired) electrons. The first kappa shape index (κ1) is 17.5. The van der Waals surface area contributed by atoms with Gasteiger partial charge < -0.3 is 10.4 Å². The number of sulfone groups is 1. The summed E-state index contributed by atoms with van der Waals surface area (Å²) < 4.78 is 24.3. The lowest BCUT2D eigenvalue weighted by Gasteiger charge is -2.09. The van der Waals surface area contributed by atoms with E-state index in [1.165, 1.54) is 6.08 Å². The summed E-state index contributed by atoms with van der Waals surface area (Å²) >= 11 is 11.5. The van der Waals surface area contributed by atoms with E-state index in [1.54, 1.807) is 0 Å². The van der Waals surface area contributed by atoms with E-state index >= 15 is 0 Å². The number of hydrogen-bond donors (Lipinski definition) is 2. The van der Waals surface area contributed by atoms with Gasteiger partial charge in [0, 0.05) is 11.6 Å². The van der Waals surface area contributed by atoms with Crippen molar-refractivity contribution < 1.29 is 23.1 Å². The number of rotatable bonds is 6. The van der Waals surface area contributed by atoms with Gasteiger partial charge in [-0.3, -0.25) is 4.79 Å². The third-order valence-corrected chi connectivity index (χ3v) is 4.71. The van der Waals surface area contributed by atoms with Crippen LogP contribution in [0.3, 0.4) is 0 Å². The van der Waals surface area contributed by atoms with Gasteiger partial charge in [-0.25, -0.2) is 13.2 Å². The Morgan fingerprint density at radius 2 is 1.95 bits per heavy atom. The molecule has 0 spiro atoms. The maximum absolute atomic E-state index is 12.1. The first-order valence-electron chi connectivity index (χ1n) is 5.51. The van der Waals surface area contributed by atoms with Crippen molar-refractivity contribution in [3.05, 3.63) is 40.4 Å². The van der Waals surface area contributed by atoms with Crippen LogP contribution in [0, 0.1) is 0 Å². The molecule has 0 aromatic heterocycles. The number of benzene rings is 1. The zero-order chi connectivity index (χ0) is 16.2. The van der Waals surface area contributed by atoms with Gasteiger partial charge in [0.25, 0.3) is 0 Å². The van der Waals surface area contributed by atoms with Crippen molar-refractivity contribution in [1.29, 1.82) is 0 Å². The van der Waals surface area contributed by atoms with Gasteiger partial charge >= 0.3 is 5.97 Å². The Bertz CT molecular complexity index is 700. The van der Waals surface area contributed by atoms with Gasteiger partial charge in [-0.05, 0) is 12.1 Å². The van der Waals surface area contributed by atoms with Crippen LogP contribution < -0.4 is 5.32 Å². The monoisotopic (exact) mass is 351 g/mol. The van der Waals surface area contributed by atoms with E-state index in [4.69, 9.17) is 28.3 Å². The molecule has 0 saturated heterocycles. The lowest BCUT2D eigenvalue weighted by Crippen LogP contribution is -2.30. The molecule has 0 heterocycles. The summed E-state index contributed by atoms with van der Waals surface area (Å²) in [6.45, 7) is 3.49. The lowest BCUT2D eigenvalue weighted by atomic mass is 10.2. The standard InChI is InChI=1S/C12H11Cl2NO5S/c1-2-3-15-10(16)6-21(19,20)9-5-7(13)4-8(11(9)14)12(17)18/h2,4-5H,1,3,6H2,(H,15,16)(H,17,18). The fraction of sp³-hybridized carbons (Fsp3) is 0.167. The molecule has 6 nitrogen and oxygen atoms in total. The summed E-state index contributed by atoms with van der Waals surface area (Å²) in [6.07, 6.45) is 1.39. The molecular weight excluding hydrogens is 341 g/mol. The van der Waals surface area contributed by atoms with Crippen molar-refractivity contribution in [3.63, 3.8) is 0 Å². The Kier molecular flexibility index (Phi) is 5.77. The molecule has 0 fully saturated rings. The van der Waals surface area contributed by atoms with Crippen LogP contribution >= 0.6 is 23.2 Å². The van der Waals surface area contributed by atoms with Crippen molar-refractivity contribution >= 4 is 44.9 Å². The Balaban J connectivity index is 3.23. The van der Waals surface area contributed by atoms with Gasteiger partial charge in [0.05, 0.1) is 15.5 Å². The Hall–Kier alpha value is -1.57. The molecule has 0 aliphatic carbocycles. The third kappa shape index (κ3) is 4.45. The first-order valence-corrected chi connectivity index (χ1v) is 7.92. The second-order valence-corrected chi connectivity index (χ2v) is 6.69. The highest BCUT2D eigenvalue weighted by atomic mass is 35.5. The molecule has 1 aromatic rings. The SMILES string of the molecule is C=CCNC(=O)CS(=O)(=O)c1cc(Cl)cc(C(=O)O)c1Cl. The Morgan fingerprint density at radius 1 is 1.33 bits per heavy atom. The predicted octanol–water partition coefficient (Wildman–Crippen LogP) is 1.77. The molecule has 1 aromatic carbocycles. The number of hydrogen-bond acceptors (Lipinski definition) is 4. The largest absolute Gasteiger partial charge is 0.478 e. The minimum atomic E-state index is -4.13. The number of carbonyl (C=O) groups excluding carboxylic acids is 1. The van der Waals surface area contributed by atoms with E-state index in [0.717, 1.165) is 12.1 Å². The maximum atomic E-state index is 12.1. The maximum Gasteiger partial charge on any atom is 0.337 e. The molecule has 0 aliphatic rings. The van der Waals surface area contributed by atoms with Crippen LogP contribution in [0.15, 0.2) is 29.7 Å². The summed E-state index contributed by atoms with van der Waals surface area (Å²) in [5, 5.41) is 10.7. The zero-order valence-electron chi connectivity index (χ0n) is 10.6. The van der Waals surface area contributed by atoms with Crippen LogP contribution in [-0.4, -0.2) is 37.7 Å². The van der Waals surface area contributed by atoms with Gasteiger partial charge in [0.15, 0.2) is 9.84 Å². The average molecular weight is 352 g/mol. The normalized spacial score (nSPS) is 11.0. The van der Waals surface area contributed by atoms with Crippen LogP contribution in [0.4, 0.5) is 0 Å². The van der Waals surface area contributed by atoms with Gasteiger partial charge in [0.1, 0.15) is 5.75 Å². The van der Waals surface area contributed by atoms with Crippen LogP contribution in [0.25, 0.3) is 0 Å². The molecule has 21 heavy (non-hydrogen) atoms. The Morgan fingerprint density at radius 3 is 2.48 bits per heavy atom. The van der Waals surface area contributed by atoms with Crippen molar-refractivity contribution in [2.75, 3.05) is 12.3 Å². The Labute approximate surface area is 131 Å². The second kappa shape index (κ2) is 6.93. The van der Waals surface area contributed by atoms with Gasteiger partial charge in [-0.1, -0.05) is 29.3 Å². The topological polar surface area (TPSA) is 101 Å². The van der Waals surface area contributed by atoms with E-state index in [-0.39, 0.29) is 11.6 Å². The smallest absolute Gasteiger partial charge is 0.337 e. The number of nitrogens with one attached hydrogen (secondary N) is 1. The number of halogens is 2. The number of carbonyl (C=O) groups is 2. The fourth-order valence-electron chi connectivity index (χ4n) is 1.43. The van der Waals surface area contributed by atoms with Crippen LogP contribution in [0.5, 0.6) is 0 Å². The third-order valence-electron chi connectivity index (χ3n) is 2.33. The summed E-state index contributed by atoms with van der Waals surface area (Å²) in [7, 11) is -4.13. The van der Waals surface area contributed by atoms with Crippen molar-refractivity contribution in [2.45, 2.75) is 4.90 Å². The minimum Gasteiger partial charge on any atom is -0.478 e. The van der Waals surface area contributed by atoms with Crippen molar-refractivity contribution in [1.82, 2.24) is 5.32 Å². The molecule has 1 amide bonds.